The van der Waals surface area contributed by atoms with Gasteiger partial charge < -0.3 is 14.5 Å². The summed E-state index contributed by atoms with van der Waals surface area (Å²) in [6.45, 7) is 5.77. The number of piperidine rings is 1. The van der Waals surface area contributed by atoms with E-state index in [1.54, 1.807) is 22.7 Å². The van der Waals surface area contributed by atoms with Gasteiger partial charge >= 0.3 is 6.09 Å². The molecule has 2 fully saturated rings. The predicted molar refractivity (Wildman–Crippen MR) is 109 cm³/mol. The van der Waals surface area contributed by atoms with Crippen LogP contribution in [0.2, 0.25) is 0 Å². The monoisotopic (exact) mass is 458 g/mol. The molecule has 3 atom stereocenters. The van der Waals surface area contributed by atoms with Crippen LogP contribution in [0.1, 0.15) is 46.5 Å². The van der Waals surface area contributed by atoms with Crippen LogP contribution in [-0.4, -0.2) is 51.7 Å². The average molecular weight is 459 g/mol. The number of thiazole rings is 2. The van der Waals surface area contributed by atoms with Crippen LogP contribution >= 0.6 is 38.6 Å². The van der Waals surface area contributed by atoms with Gasteiger partial charge in [-0.2, -0.15) is 0 Å². The van der Waals surface area contributed by atoms with Crippen molar-refractivity contribution in [1.82, 2.24) is 14.9 Å². The number of carbonyl (C=O) groups is 1. The third-order valence-corrected chi connectivity index (χ3v) is 7.67. The maximum absolute atomic E-state index is 12.6. The van der Waals surface area contributed by atoms with Crippen molar-refractivity contribution >= 4 is 59.5 Å². The van der Waals surface area contributed by atoms with Gasteiger partial charge in [-0.15, -0.1) is 0 Å². The van der Waals surface area contributed by atoms with Crippen LogP contribution in [0.15, 0.2) is 3.92 Å². The van der Waals surface area contributed by atoms with Crippen molar-refractivity contribution in [2.75, 3.05) is 11.9 Å². The fraction of sp³-hybridized carbons (Fsp3) is 0.706. The van der Waals surface area contributed by atoms with E-state index < -0.39 is 5.60 Å². The largest absolute Gasteiger partial charge is 0.444 e. The van der Waals surface area contributed by atoms with Gasteiger partial charge in [0.2, 0.25) is 0 Å². The van der Waals surface area contributed by atoms with Crippen molar-refractivity contribution in [3.05, 3.63) is 3.92 Å². The van der Waals surface area contributed by atoms with E-state index in [4.69, 9.17) is 9.72 Å². The van der Waals surface area contributed by atoms with Crippen molar-refractivity contribution in [3.8, 4) is 0 Å². The van der Waals surface area contributed by atoms with Gasteiger partial charge in [-0.1, -0.05) is 22.7 Å². The Bertz CT molecular complexity index is 785. The number of nitrogens with zero attached hydrogens (tertiary/aromatic N) is 4. The van der Waals surface area contributed by atoms with E-state index in [9.17, 15) is 4.79 Å². The SMILES string of the molecule is CN(c1nc2sc(Br)nc2s1)[C@@H]1C[C@H]2CC[C@@H](C1)N2C(=O)OC(C)(C)C. The summed E-state index contributed by atoms with van der Waals surface area (Å²) in [6.07, 6.45) is 3.91. The second kappa shape index (κ2) is 6.60. The Hall–Kier alpha value is -0.930. The molecule has 2 aromatic rings. The van der Waals surface area contributed by atoms with E-state index in [-0.39, 0.29) is 18.2 Å². The quantitative estimate of drug-likeness (QED) is 0.641. The number of carbonyl (C=O) groups excluding carboxylic acids is 1. The summed E-state index contributed by atoms with van der Waals surface area (Å²) in [7, 11) is 2.12. The van der Waals surface area contributed by atoms with Gasteiger partial charge in [0.05, 0.1) is 0 Å². The fourth-order valence-electron chi connectivity index (χ4n) is 3.99. The summed E-state index contributed by atoms with van der Waals surface area (Å²) in [5.74, 6) is 0. The maximum atomic E-state index is 12.6. The zero-order valence-corrected chi connectivity index (χ0v) is 18.6. The minimum Gasteiger partial charge on any atom is -0.444 e. The van der Waals surface area contributed by atoms with Crippen LogP contribution < -0.4 is 4.90 Å². The number of fused-ring (bicyclic) bond motifs is 3. The molecule has 2 aliphatic rings. The Morgan fingerprint density at radius 3 is 2.38 bits per heavy atom. The molecule has 2 aromatic heterocycles. The molecular weight excluding hydrogens is 436 g/mol. The molecule has 0 spiro atoms. The van der Waals surface area contributed by atoms with Gasteiger partial charge in [-0.25, -0.2) is 14.8 Å². The molecule has 4 heterocycles. The van der Waals surface area contributed by atoms with Gasteiger partial charge in [-0.3, -0.25) is 0 Å². The van der Waals surface area contributed by atoms with Gasteiger partial charge in [-0.05, 0) is 62.4 Å². The molecule has 4 rings (SSSR count). The zero-order chi connectivity index (χ0) is 18.6. The maximum Gasteiger partial charge on any atom is 0.410 e. The molecule has 0 N–H and O–H groups in total. The van der Waals surface area contributed by atoms with Gasteiger partial charge in [0.25, 0.3) is 0 Å². The van der Waals surface area contributed by atoms with Crippen molar-refractivity contribution in [2.45, 2.75) is 70.2 Å². The number of halogens is 1. The molecule has 142 valence electrons. The molecule has 6 nitrogen and oxygen atoms in total. The van der Waals surface area contributed by atoms with Crippen molar-refractivity contribution in [2.24, 2.45) is 0 Å². The molecule has 2 saturated heterocycles. The third-order valence-electron chi connectivity index (χ3n) is 5.10. The second-order valence-corrected chi connectivity index (χ2v) is 11.3. The minimum atomic E-state index is -0.446. The second-order valence-electron chi connectivity index (χ2n) is 8.08. The van der Waals surface area contributed by atoms with Crippen LogP contribution in [0.3, 0.4) is 0 Å². The Balaban J connectivity index is 1.47. The molecule has 2 bridgehead atoms. The van der Waals surface area contributed by atoms with Gasteiger partial charge in [0.1, 0.15) is 5.60 Å². The smallest absolute Gasteiger partial charge is 0.410 e. The van der Waals surface area contributed by atoms with E-state index >= 15 is 0 Å². The Morgan fingerprint density at radius 1 is 1.19 bits per heavy atom. The van der Waals surface area contributed by atoms with Gasteiger partial charge in [0.15, 0.2) is 18.7 Å². The summed E-state index contributed by atoms with van der Waals surface area (Å²) >= 11 is 6.62. The Morgan fingerprint density at radius 2 is 1.81 bits per heavy atom. The molecule has 0 aromatic carbocycles. The van der Waals surface area contributed by atoms with Crippen molar-refractivity contribution in [1.29, 1.82) is 0 Å². The van der Waals surface area contributed by atoms with Crippen LogP contribution in [0.5, 0.6) is 0 Å². The first-order valence-corrected chi connectivity index (χ1v) is 11.3. The van der Waals surface area contributed by atoms with E-state index in [2.05, 4.69) is 32.9 Å². The van der Waals surface area contributed by atoms with Crippen molar-refractivity contribution < 1.29 is 9.53 Å². The Kier molecular flexibility index (Phi) is 4.68. The highest BCUT2D eigenvalue weighted by atomic mass is 79.9. The molecule has 2 aliphatic heterocycles. The lowest BCUT2D eigenvalue weighted by Crippen LogP contribution is -2.53. The summed E-state index contributed by atoms with van der Waals surface area (Å²) in [5, 5.41) is 1.02. The molecular formula is C17H23BrN4O2S2. The number of amides is 1. The average Bonchev–Trinajstić information content (AvgIpc) is 3.14. The first-order chi connectivity index (χ1) is 12.2. The molecule has 9 heteroatoms. The van der Waals surface area contributed by atoms with Crippen LogP contribution in [0.25, 0.3) is 9.66 Å². The third kappa shape index (κ3) is 3.45. The van der Waals surface area contributed by atoms with Gasteiger partial charge in [0, 0.05) is 25.2 Å². The number of hydrogen-bond acceptors (Lipinski definition) is 7. The Labute approximate surface area is 169 Å². The molecule has 0 aliphatic carbocycles. The summed E-state index contributed by atoms with van der Waals surface area (Å²) in [5.41, 5.74) is -0.446. The number of hydrogen-bond donors (Lipinski definition) is 0. The summed E-state index contributed by atoms with van der Waals surface area (Å²) < 4.78 is 6.51. The first kappa shape index (κ1) is 18.4. The normalized spacial score (nSPS) is 25.7. The van der Waals surface area contributed by atoms with E-state index in [1.165, 1.54) is 0 Å². The lowest BCUT2D eigenvalue weighted by Gasteiger charge is -2.42. The summed E-state index contributed by atoms with van der Waals surface area (Å²) in [4.78, 5) is 28.1. The highest BCUT2D eigenvalue weighted by Gasteiger charge is 2.46. The van der Waals surface area contributed by atoms with E-state index in [0.717, 1.165) is 44.4 Å². The van der Waals surface area contributed by atoms with E-state index in [0.29, 0.717) is 6.04 Å². The minimum absolute atomic E-state index is 0.157. The zero-order valence-electron chi connectivity index (χ0n) is 15.4. The predicted octanol–water partition coefficient (Wildman–Crippen LogP) is 4.88. The standard InChI is InChI=1S/C17H23BrN4O2S2/c1-17(2,3)24-16(23)22-9-5-6-10(22)8-11(7-9)21(4)15-20-13-12(26-15)19-14(18)25-13/h9-11H,5-8H2,1-4H3/t9-,10+,11-. The summed E-state index contributed by atoms with van der Waals surface area (Å²) in [6, 6.07) is 0.934. The van der Waals surface area contributed by atoms with Crippen LogP contribution in [0, 0.1) is 0 Å². The highest BCUT2D eigenvalue weighted by Crippen LogP contribution is 2.41. The molecule has 0 unspecified atom stereocenters. The van der Waals surface area contributed by atoms with E-state index in [1.807, 2.05) is 25.7 Å². The lowest BCUT2D eigenvalue weighted by atomic mass is 9.97. The topological polar surface area (TPSA) is 58.6 Å². The number of rotatable bonds is 2. The molecule has 0 saturated carbocycles. The molecule has 1 amide bonds. The van der Waals surface area contributed by atoms with Crippen LogP contribution in [-0.2, 0) is 4.74 Å². The number of aromatic nitrogens is 2. The lowest BCUT2D eigenvalue weighted by molar-refractivity contribution is 0.00599. The van der Waals surface area contributed by atoms with Crippen LogP contribution in [0.4, 0.5) is 9.93 Å². The highest BCUT2D eigenvalue weighted by molar-refractivity contribution is 9.11. The van der Waals surface area contributed by atoms with Crippen molar-refractivity contribution in [3.63, 3.8) is 0 Å². The first-order valence-electron chi connectivity index (χ1n) is 8.88. The number of ether oxygens (including phenoxy) is 1. The fourth-order valence-corrected chi connectivity index (χ4v) is 6.55. The molecule has 0 radical (unpaired) electrons. The molecule has 26 heavy (non-hydrogen) atoms. The number of anilines is 1.